The zero-order chi connectivity index (χ0) is 12.1. The Morgan fingerprint density at radius 1 is 1.12 bits per heavy atom. The predicted molar refractivity (Wildman–Crippen MR) is 71.0 cm³/mol. The summed E-state index contributed by atoms with van der Waals surface area (Å²) in [4.78, 5) is 2.58. The molecule has 3 unspecified atom stereocenters. The third-order valence-electron chi connectivity index (χ3n) is 4.54. The molecule has 0 aromatic rings. The molecule has 1 aliphatic heterocycles. The second kappa shape index (κ2) is 6.72. The predicted octanol–water partition coefficient (Wildman–Crippen LogP) is 1.86. The molecule has 3 heteroatoms. The van der Waals surface area contributed by atoms with Crippen LogP contribution in [0.2, 0.25) is 0 Å². The molecule has 17 heavy (non-hydrogen) atoms. The van der Waals surface area contributed by atoms with Crippen molar-refractivity contribution in [3.63, 3.8) is 0 Å². The summed E-state index contributed by atoms with van der Waals surface area (Å²) >= 11 is 0. The van der Waals surface area contributed by atoms with Crippen LogP contribution in [0.15, 0.2) is 0 Å². The number of rotatable bonds is 6. The minimum atomic E-state index is 0.493. The second-order valence-electron chi connectivity index (χ2n) is 5.67. The molecule has 1 saturated heterocycles. The summed E-state index contributed by atoms with van der Waals surface area (Å²) in [6, 6.07) is 0. The highest BCUT2D eigenvalue weighted by atomic mass is 16.5. The standard InChI is InChI=1S/C14H28N2O/c1-2-16(11-14-7-4-8-17-14)10-13-6-3-5-12(13)9-15/h12-14H,2-11,15H2,1H3. The summed E-state index contributed by atoms with van der Waals surface area (Å²) < 4.78 is 5.74. The highest BCUT2D eigenvalue weighted by Crippen LogP contribution is 2.31. The van der Waals surface area contributed by atoms with Gasteiger partial charge in [-0.3, -0.25) is 0 Å². The Bertz CT molecular complexity index is 216. The monoisotopic (exact) mass is 240 g/mol. The molecule has 0 amide bonds. The molecule has 0 spiro atoms. The first-order chi connectivity index (χ1) is 8.33. The van der Waals surface area contributed by atoms with Gasteiger partial charge in [-0.1, -0.05) is 13.3 Å². The van der Waals surface area contributed by atoms with Crippen LogP contribution in [-0.4, -0.2) is 43.8 Å². The van der Waals surface area contributed by atoms with Gasteiger partial charge in [0.25, 0.3) is 0 Å². The molecule has 2 aliphatic rings. The van der Waals surface area contributed by atoms with Gasteiger partial charge < -0.3 is 15.4 Å². The molecule has 1 aliphatic carbocycles. The number of nitrogens with zero attached hydrogens (tertiary/aromatic N) is 1. The topological polar surface area (TPSA) is 38.5 Å². The van der Waals surface area contributed by atoms with Crippen molar-refractivity contribution in [1.29, 1.82) is 0 Å². The van der Waals surface area contributed by atoms with Gasteiger partial charge >= 0.3 is 0 Å². The lowest BCUT2D eigenvalue weighted by molar-refractivity contribution is 0.0671. The molecular formula is C14H28N2O. The normalized spacial score (nSPS) is 33.7. The van der Waals surface area contributed by atoms with Gasteiger partial charge in [0.15, 0.2) is 0 Å². The first-order valence-electron chi connectivity index (χ1n) is 7.37. The number of hydrogen-bond acceptors (Lipinski definition) is 3. The minimum absolute atomic E-state index is 0.493. The summed E-state index contributed by atoms with van der Waals surface area (Å²) in [6.07, 6.45) is 7.10. The quantitative estimate of drug-likeness (QED) is 0.770. The van der Waals surface area contributed by atoms with Crippen molar-refractivity contribution < 1.29 is 4.74 Å². The SMILES string of the molecule is CCN(CC1CCCO1)CC1CCCC1CN. The Labute approximate surface area is 106 Å². The molecule has 3 atom stereocenters. The Hall–Kier alpha value is -0.120. The van der Waals surface area contributed by atoms with Gasteiger partial charge in [0.1, 0.15) is 0 Å². The van der Waals surface area contributed by atoms with Crippen LogP contribution in [-0.2, 0) is 4.74 Å². The van der Waals surface area contributed by atoms with Gasteiger partial charge in [0.05, 0.1) is 6.10 Å². The highest BCUT2D eigenvalue weighted by molar-refractivity contribution is 4.81. The molecule has 2 rings (SSSR count). The van der Waals surface area contributed by atoms with Crippen molar-refractivity contribution in [3.05, 3.63) is 0 Å². The number of ether oxygens (including phenoxy) is 1. The van der Waals surface area contributed by atoms with Crippen molar-refractivity contribution in [2.45, 2.75) is 45.1 Å². The van der Waals surface area contributed by atoms with Crippen molar-refractivity contribution in [3.8, 4) is 0 Å². The van der Waals surface area contributed by atoms with Crippen molar-refractivity contribution in [2.24, 2.45) is 17.6 Å². The fourth-order valence-electron chi connectivity index (χ4n) is 3.40. The van der Waals surface area contributed by atoms with Crippen LogP contribution in [0.1, 0.15) is 39.0 Å². The van der Waals surface area contributed by atoms with E-state index in [1.165, 1.54) is 38.6 Å². The van der Waals surface area contributed by atoms with E-state index in [1.54, 1.807) is 0 Å². The zero-order valence-corrected chi connectivity index (χ0v) is 11.2. The smallest absolute Gasteiger partial charge is 0.0702 e. The molecule has 0 bridgehead atoms. The molecule has 2 N–H and O–H groups in total. The van der Waals surface area contributed by atoms with Crippen LogP contribution < -0.4 is 5.73 Å². The van der Waals surface area contributed by atoms with Gasteiger partial charge in [-0.2, -0.15) is 0 Å². The Morgan fingerprint density at radius 3 is 2.59 bits per heavy atom. The molecule has 3 nitrogen and oxygen atoms in total. The van der Waals surface area contributed by atoms with E-state index in [2.05, 4.69) is 11.8 Å². The van der Waals surface area contributed by atoms with Crippen molar-refractivity contribution in [2.75, 3.05) is 32.8 Å². The minimum Gasteiger partial charge on any atom is -0.377 e. The van der Waals surface area contributed by atoms with E-state index in [0.29, 0.717) is 6.10 Å². The maximum Gasteiger partial charge on any atom is 0.0702 e. The van der Waals surface area contributed by atoms with Crippen LogP contribution >= 0.6 is 0 Å². The van der Waals surface area contributed by atoms with Crippen LogP contribution in [0.5, 0.6) is 0 Å². The summed E-state index contributed by atoms with van der Waals surface area (Å²) in [7, 11) is 0. The summed E-state index contributed by atoms with van der Waals surface area (Å²) in [5, 5.41) is 0. The fourth-order valence-corrected chi connectivity index (χ4v) is 3.40. The lowest BCUT2D eigenvalue weighted by Crippen LogP contribution is -2.37. The van der Waals surface area contributed by atoms with Gasteiger partial charge in [0.2, 0.25) is 0 Å². The summed E-state index contributed by atoms with van der Waals surface area (Å²) in [5.74, 6) is 1.61. The molecular weight excluding hydrogens is 212 g/mol. The third kappa shape index (κ3) is 3.67. The largest absolute Gasteiger partial charge is 0.377 e. The third-order valence-corrected chi connectivity index (χ3v) is 4.54. The van der Waals surface area contributed by atoms with Gasteiger partial charge in [-0.05, 0) is 50.6 Å². The van der Waals surface area contributed by atoms with E-state index in [-0.39, 0.29) is 0 Å². The average molecular weight is 240 g/mol. The molecule has 100 valence electrons. The van der Waals surface area contributed by atoms with E-state index in [0.717, 1.165) is 38.1 Å². The zero-order valence-electron chi connectivity index (χ0n) is 11.2. The number of likely N-dealkylation sites (N-methyl/N-ethyl adjacent to an activating group) is 1. The average Bonchev–Trinajstić information content (AvgIpc) is 2.99. The van der Waals surface area contributed by atoms with E-state index in [4.69, 9.17) is 10.5 Å². The lowest BCUT2D eigenvalue weighted by Gasteiger charge is -2.29. The Kier molecular flexibility index (Phi) is 5.26. The maximum absolute atomic E-state index is 5.86. The molecule has 0 radical (unpaired) electrons. The molecule has 0 aromatic heterocycles. The van der Waals surface area contributed by atoms with Crippen LogP contribution in [0, 0.1) is 11.8 Å². The van der Waals surface area contributed by atoms with Crippen LogP contribution in [0.3, 0.4) is 0 Å². The van der Waals surface area contributed by atoms with Gasteiger partial charge in [0, 0.05) is 19.7 Å². The van der Waals surface area contributed by atoms with Crippen molar-refractivity contribution in [1.82, 2.24) is 4.90 Å². The Morgan fingerprint density at radius 2 is 1.94 bits per heavy atom. The summed E-state index contributed by atoms with van der Waals surface area (Å²) in [5.41, 5.74) is 5.86. The first-order valence-corrected chi connectivity index (χ1v) is 7.37. The van der Waals surface area contributed by atoms with Gasteiger partial charge in [-0.15, -0.1) is 0 Å². The number of nitrogens with two attached hydrogens (primary N) is 1. The van der Waals surface area contributed by atoms with Crippen LogP contribution in [0.4, 0.5) is 0 Å². The van der Waals surface area contributed by atoms with Crippen molar-refractivity contribution >= 4 is 0 Å². The number of hydrogen-bond donors (Lipinski definition) is 1. The van der Waals surface area contributed by atoms with E-state index >= 15 is 0 Å². The molecule has 2 fully saturated rings. The van der Waals surface area contributed by atoms with E-state index < -0.39 is 0 Å². The lowest BCUT2D eigenvalue weighted by atomic mass is 9.95. The second-order valence-corrected chi connectivity index (χ2v) is 5.67. The molecule has 0 aromatic carbocycles. The first kappa shape index (κ1) is 13.3. The Balaban J connectivity index is 1.77. The molecule has 1 saturated carbocycles. The van der Waals surface area contributed by atoms with E-state index in [1.807, 2.05) is 0 Å². The summed E-state index contributed by atoms with van der Waals surface area (Å²) in [6.45, 7) is 7.62. The van der Waals surface area contributed by atoms with Crippen LogP contribution in [0.25, 0.3) is 0 Å². The maximum atomic E-state index is 5.86. The molecule has 1 heterocycles. The van der Waals surface area contributed by atoms with Gasteiger partial charge in [-0.25, -0.2) is 0 Å². The fraction of sp³-hybridized carbons (Fsp3) is 1.00. The van der Waals surface area contributed by atoms with E-state index in [9.17, 15) is 0 Å². The highest BCUT2D eigenvalue weighted by Gasteiger charge is 2.28.